The third-order valence-electron chi connectivity index (χ3n) is 3.57. The van der Waals surface area contributed by atoms with Gasteiger partial charge in [0.2, 0.25) is 0 Å². The Kier molecular flexibility index (Phi) is 6.45. The van der Waals surface area contributed by atoms with Gasteiger partial charge in [0.1, 0.15) is 5.69 Å². The van der Waals surface area contributed by atoms with Crippen molar-refractivity contribution in [2.75, 3.05) is 18.0 Å². The Hall–Kier alpha value is -3.20. The number of ether oxygens (including phenoxy) is 1. The van der Waals surface area contributed by atoms with Crippen LogP contribution in [0.5, 0.6) is 0 Å². The normalized spacial score (nSPS) is 11.6. The SMILES string of the molecule is C=CCN(CC=C)c1nc2ccccc2nc1[C@H](C#N)C(=O)OC(C)C. The molecule has 0 saturated carbocycles. The summed E-state index contributed by atoms with van der Waals surface area (Å²) < 4.78 is 5.24. The molecular weight excluding hydrogens is 328 g/mol. The summed E-state index contributed by atoms with van der Waals surface area (Å²) in [6.45, 7) is 11.9. The standard InChI is InChI=1S/C20H22N4O2/c1-5-11-24(12-6-2)19-18(15(13-21)20(25)26-14(3)4)22-16-9-7-8-10-17(16)23-19/h5-10,14-15H,1-2,11-12H2,3-4H3/t15-/m0/s1. The number of benzene rings is 1. The lowest BCUT2D eigenvalue weighted by Gasteiger charge is -2.24. The average Bonchev–Trinajstić information content (AvgIpc) is 2.61. The Bertz CT molecular complexity index is 845. The van der Waals surface area contributed by atoms with Gasteiger partial charge in [-0.05, 0) is 26.0 Å². The highest BCUT2D eigenvalue weighted by Gasteiger charge is 2.30. The number of rotatable bonds is 8. The molecule has 1 aromatic carbocycles. The third kappa shape index (κ3) is 4.25. The highest BCUT2D eigenvalue weighted by atomic mass is 16.5. The predicted octanol–water partition coefficient (Wildman–Crippen LogP) is 3.37. The highest BCUT2D eigenvalue weighted by Crippen LogP contribution is 2.28. The van der Waals surface area contributed by atoms with Gasteiger partial charge in [-0.25, -0.2) is 9.97 Å². The molecule has 0 radical (unpaired) electrons. The summed E-state index contributed by atoms with van der Waals surface area (Å²) in [6, 6.07) is 9.34. The number of anilines is 1. The smallest absolute Gasteiger partial charge is 0.329 e. The van der Waals surface area contributed by atoms with Crippen molar-refractivity contribution in [3.63, 3.8) is 0 Å². The first kappa shape index (κ1) is 19.1. The zero-order chi connectivity index (χ0) is 19.1. The van der Waals surface area contributed by atoms with Crippen LogP contribution in [0.1, 0.15) is 25.5 Å². The molecule has 134 valence electrons. The van der Waals surface area contributed by atoms with E-state index in [9.17, 15) is 10.1 Å². The van der Waals surface area contributed by atoms with E-state index in [2.05, 4.69) is 23.1 Å². The number of carbonyl (C=O) groups excluding carboxylic acids is 1. The molecule has 0 amide bonds. The van der Waals surface area contributed by atoms with Crippen LogP contribution < -0.4 is 4.90 Å². The number of nitriles is 1. The van der Waals surface area contributed by atoms with E-state index in [0.29, 0.717) is 29.9 Å². The second kappa shape index (κ2) is 8.77. The number of fused-ring (bicyclic) bond motifs is 1. The van der Waals surface area contributed by atoms with Crippen LogP contribution in [0.3, 0.4) is 0 Å². The predicted molar refractivity (Wildman–Crippen MR) is 102 cm³/mol. The van der Waals surface area contributed by atoms with Crippen LogP contribution in [0.25, 0.3) is 11.0 Å². The molecule has 1 heterocycles. The molecule has 1 aromatic heterocycles. The van der Waals surface area contributed by atoms with Crippen molar-refractivity contribution in [2.45, 2.75) is 25.9 Å². The lowest BCUT2D eigenvalue weighted by Crippen LogP contribution is -2.28. The van der Waals surface area contributed by atoms with Crippen molar-refractivity contribution < 1.29 is 9.53 Å². The van der Waals surface area contributed by atoms with Crippen LogP contribution in [-0.2, 0) is 9.53 Å². The Labute approximate surface area is 153 Å². The van der Waals surface area contributed by atoms with E-state index >= 15 is 0 Å². The number of carbonyl (C=O) groups is 1. The monoisotopic (exact) mass is 350 g/mol. The van der Waals surface area contributed by atoms with Crippen molar-refractivity contribution in [1.82, 2.24) is 9.97 Å². The van der Waals surface area contributed by atoms with E-state index in [1.165, 1.54) is 0 Å². The Balaban J connectivity index is 2.65. The molecule has 6 heteroatoms. The van der Waals surface area contributed by atoms with Gasteiger partial charge < -0.3 is 9.64 Å². The van der Waals surface area contributed by atoms with Crippen LogP contribution in [0.15, 0.2) is 49.6 Å². The van der Waals surface area contributed by atoms with Gasteiger partial charge in [-0.1, -0.05) is 24.3 Å². The molecule has 0 spiro atoms. The Morgan fingerprint density at radius 1 is 1.23 bits per heavy atom. The topological polar surface area (TPSA) is 79.1 Å². The first-order valence-corrected chi connectivity index (χ1v) is 8.35. The molecular formula is C20H22N4O2. The third-order valence-corrected chi connectivity index (χ3v) is 3.57. The van der Waals surface area contributed by atoms with Gasteiger partial charge >= 0.3 is 5.97 Å². The first-order valence-electron chi connectivity index (χ1n) is 8.35. The van der Waals surface area contributed by atoms with Crippen LogP contribution in [-0.4, -0.2) is 35.1 Å². The summed E-state index contributed by atoms with van der Waals surface area (Å²) in [5.41, 5.74) is 1.57. The van der Waals surface area contributed by atoms with Crippen molar-refractivity contribution in [3.05, 3.63) is 55.3 Å². The van der Waals surface area contributed by atoms with Crippen molar-refractivity contribution >= 4 is 22.8 Å². The molecule has 2 rings (SSSR count). The molecule has 0 unspecified atom stereocenters. The molecule has 0 N–H and O–H groups in total. The number of hydrogen-bond donors (Lipinski definition) is 0. The molecule has 0 aliphatic heterocycles. The van der Waals surface area contributed by atoms with Crippen LogP contribution >= 0.6 is 0 Å². The zero-order valence-electron chi connectivity index (χ0n) is 15.1. The van der Waals surface area contributed by atoms with Gasteiger partial charge in [0.05, 0.1) is 23.2 Å². The Morgan fingerprint density at radius 2 is 1.81 bits per heavy atom. The van der Waals surface area contributed by atoms with Gasteiger partial charge in [-0.3, -0.25) is 4.79 Å². The van der Waals surface area contributed by atoms with E-state index < -0.39 is 11.9 Å². The molecule has 0 saturated heterocycles. The molecule has 0 fully saturated rings. The number of para-hydroxylation sites is 2. The van der Waals surface area contributed by atoms with E-state index in [4.69, 9.17) is 4.74 Å². The maximum atomic E-state index is 12.4. The summed E-state index contributed by atoms with van der Waals surface area (Å²) in [7, 11) is 0. The van der Waals surface area contributed by atoms with E-state index in [1.807, 2.05) is 29.2 Å². The lowest BCUT2D eigenvalue weighted by molar-refractivity contribution is -0.147. The van der Waals surface area contributed by atoms with E-state index in [1.54, 1.807) is 32.1 Å². The van der Waals surface area contributed by atoms with Crippen LogP contribution in [0.4, 0.5) is 5.82 Å². The quantitative estimate of drug-likeness (QED) is 0.536. The summed E-state index contributed by atoms with van der Waals surface area (Å²) in [5, 5.41) is 9.62. The van der Waals surface area contributed by atoms with Crippen molar-refractivity contribution in [1.29, 1.82) is 5.26 Å². The summed E-state index contributed by atoms with van der Waals surface area (Å²) >= 11 is 0. The molecule has 2 aromatic rings. The van der Waals surface area contributed by atoms with Gasteiger partial charge in [0.25, 0.3) is 0 Å². The van der Waals surface area contributed by atoms with E-state index in [-0.39, 0.29) is 11.8 Å². The van der Waals surface area contributed by atoms with E-state index in [0.717, 1.165) is 0 Å². The summed E-state index contributed by atoms with van der Waals surface area (Å²) in [5.74, 6) is -1.34. The fourth-order valence-corrected chi connectivity index (χ4v) is 2.52. The average molecular weight is 350 g/mol. The summed E-state index contributed by atoms with van der Waals surface area (Å²) in [4.78, 5) is 23.5. The van der Waals surface area contributed by atoms with Gasteiger partial charge in [0.15, 0.2) is 11.7 Å². The van der Waals surface area contributed by atoms with Crippen LogP contribution in [0, 0.1) is 11.3 Å². The molecule has 0 aliphatic carbocycles. The lowest BCUT2D eigenvalue weighted by atomic mass is 10.1. The minimum Gasteiger partial charge on any atom is -0.462 e. The first-order chi connectivity index (χ1) is 12.5. The van der Waals surface area contributed by atoms with Crippen LogP contribution in [0.2, 0.25) is 0 Å². The number of nitrogens with zero attached hydrogens (tertiary/aromatic N) is 4. The largest absolute Gasteiger partial charge is 0.462 e. The molecule has 0 aliphatic rings. The van der Waals surface area contributed by atoms with Gasteiger partial charge in [0, 0.05) is 13.1 Å². The second-order valence-electron chi connectivity index (χ2n) is 5.95. The van der Waals surface area contributed by atoms with Crippen molar-refractivity contribution in [2.24, 2.45) is 0 Å². The zero-order valence-corrected chi connectivity index (χ0v) is 15.1. The molecule has 1 atom stereocenters. The molecule has 0 bridgehead atoms. The number of aromatic nitrogens is 2. The second-order valence-corrected chi connectivity index (χ2v) is 5.95. The fraction of sp³-hybridized carbons (Fsp3) is 0.300. The molecule has 26 heavy (non-hydrogen) atoms. The van der Waals surface area contributed by atoms with Gasteiger partial charge in [-0.15, -0.1) is 13.2 Å². The maximum absolute atomic E-state index is 12.4. The minimum absolute atomic E-state index is 0.278. The van der Waals surface area contributed by atoms with Crippen molar-refractivity contribution in [3.8, 4) is 6.07 Å². The number of hydrogen-bond acceptors (Lipinski definition) is 6. The highest BCUT2D eigenvalue weighted by molar-refractivity contribution is 5.85. The van der Waals surface area contributed by atoms with Gasteiger partial charge in [-0.2, -0.15) is 5.26 Å². The molecule has 6 nitrogen and oxygen atoms in total. The fourth-order valence-electron chi connectivity index (χ4n) is 2.52. The number of esters is 1. The minimum atomic E-state index is -1.17. The Morgan fingerprint density at radius 3 is 2.31 bits per heavy atom. The maximum Gasteiger partial charge on any atom is 0.329 e. The summed E-state index contributed by atoms with van der Waals surface area (Å²) in [6.07, 6.45) is 3.11.